The van der Waals surface area contributed by atoms with Crippen molar-refractivity contribution in [3.8, 4) is 0 Å². The first kappa shape index (κ1) is 18.4. The summed E-state index contributed by atoms with van der Waals surface area (Å²) < 4.78 is 29.6. The second-order valence-corrected chi connectivity index (χ2v) is 6.61. The summed E-state index contributed by atoms with van der Waals surface area (Å²) in [6.45, 7) is 6.09. The Morgan fingerprint density at radius 2 is 1.92 bits per heavy atom. The standard InChI is InChI=1S/C16H21N2O5P/c1-4-21-16(19)14-12-18-13(8-7-9-15(18)17-14)10-11-24(20,22-5-2)23-6-3/h7-12H,4-6H2,1-3H3/b11-10+. The maximum atomic E-state index is 12.5. The van der Waals surface area contributed by atoms with Crippen LogP contribution in [0, 0.1) is 0 Å². The van der Waals surface area contributed by atoms with Gasteiger partial charge in [0.05, 0.1) is 19.8 Å². The molecule has 0 fully saturated rings. The van der Waals surface area contributed by atoms with Gasteiger partial charge in [0, 0.05) is 17.7 Å². The van der Waals surface area contributed by atoms with E-state index < -0.39 is 13.6 Å². The van der Waals surface area contributed by atoms with Gasteiger partial charge in [-0.3, -0.25) is 8.97 Å². The molecule has 0 aromatic carbocycles. The lowest BCUT2D eigenvalue weighted by Crippen LogP contribution is -2.04. The largest absolute Gasteiger partial charge is 0.461 e. The quantitative estimate of drug-likeness (QED) is 0.532. The van der Waals surface area contributed by atoms with Crippen LogP contribution >= 0.6 is 7.60 Å². The SMILES string of the molecule is CCOC(=O)c1cn2c(/C=C/P(=O)(OCC)OCC)cccc2n1. The zero-order chi connectivity index (χ0) is 17.6. The molecule has 0 atom stereocenters. The van der Waals surface area contributed by atoms with Crippen LogP contribution in [-0.2, 0) is 18.3 Å². The van der Waals surface area contributed by atoms with Crippen molar-refractivity contribution >= 4 is 25.3 Å². The highest BCUT2D eigenvalue weighted by molar-refractivity contribution is 7.57. The lowest BCUT2D eigenvalue weighted by Gasteiger charge is -2.12. The minimum absolute atomic E-state index is 0.218. The average Bonchev–Trinajstić information content (AvgIpc) is 2.98. The fourth-order valence-electron chi connectivity index (χ4n) is 2.12. The van der Waals surface area contributed by atoms with E-state index in [4.69, 9.17) is 13.8 Å². The van der Waals surface area contributed by atoms with Crippen LogP contribution in [-0.4, -0.2) is 35.2 Å². The molecule has 0 amide bonds. The monoisotopic (exact) mass is 352 g/mol. The molecule has 0 saturated heterocycles. The van der Waals surface area contributed by atoms with Gasteiger partial charge >= 0.3 is 13.6 Å². The van der Waals surface area contributed by atoms with Gasteiger partial charge in [0.25, 0.3) is 0 Å². The van der Waals surface area contributed by atoms with E-state index in [1.54, 1.807) is 49.6 Å². The van der Waals surface area contributed by atoms with Gasteiger partial charge in [0.15, 0.2) is 5.69 Å². The third-order valence-corrected chi connectivity index (χ3v) is 4.80. The number of rotatable bonds is 8. The van der Waals surface area contributed by atoms with Crippen LogP contribution in [0.5, 0.6) is 0 Å². The molecular formula is C16H21N2O5P. The molecule has 24 heavy (non-hydrogen) atoms. The molecule has 0 aliphatic heterocycles. The van der Waals surface area contributed by atoms with E-state index in [0.29, 0.717) is 11.3 Å². The van der Waals surface area contributed by atoms with E-state index in [2.05, 4.69) is 4.98 Å². The van der Waals surface area contributed by atoms with E-state index in [0.717, 1.165) is 0 Å². The number of hydrogen-bond acceptors (Lipinski definition) is 6. The molecule has 130 valence electrons. The van der Waals surface area contributed by atoms with Gasteiger partial charge < -0.3 is 13.8 Å². The molecule has 0 N–H and O–H groups in total. The number of hydrogen-bond donors (Lipinski definition) is 0. The predicted molar refractivity (Wildman–Crippen MR) is 91.0 cm³/mol. The Labute approximate surface area is 140 Å². The van der Waals surface area contributed by atoms with Gasteiger partial charge in [-0.25, -0.2) is 9.78 Å². The summed E-state index contributed by atoms with van der Waals surface area (Å²) in [5, 5.41) is 0. The van der Waals surface area contributed by atoms with Gasteiger partial charge in [-0.2, -0.15) is 0 Å². The maximum Gasteiger partial charge on any atom is 0.358 e. The molecule has 2 rings (SSSR count). The third-order valence-electron chi connectivity index (χ3n) is 3.05. The first-order valence-corrected chi connectivity index (χ1v) is 9.37. The molecule has 0 aliphatic carbocycles. The van der Waals surface area contributed by atoms with Gasteiger partial charge in [-0.1, -0.05) is 6.07 Å². The number of fused-ring (bicyclic) bond motifs is 1. The van der Waals surface area contributed by atoms with Crippen molar-refractivity contribution in [2.45, 2.75) is 20.8 Å². The van der Waals surface area contributed by atoms with Crippen molar-refractivity contribution < 1.29 is 23.1 Å². The third kappa shape index (κ3) is 4.32. The van der Waals surface area contributed by atoms with Crippen molar-refractivity contribution in [2.75, 3.05) is 19.8 Å². The minimum Gasteiger partial charge on any atom is -0.461 e. The van der Waals surface area contributed by atoms with Gasteiger partial charge in [-0.15, -0.1) is 0 Å². The fraction of sp³-hybridized carbons (Fsp3) is 0.375. The van der Waals surface area contributed by atoms with E-state index in [1.165, 1.54) is 5.82 Å². The first-order valence-electron chi connectivity index (χ1n) is 7.76. The number of carbonyl (C=O) groups is 1. The van der Waals surface area contributed by atoms with Crippen molar-refractivity contribution in [1.82, 2.24) is 9.38 Å². The molecule has 0 bridgehead atoms. The molecule has 7 nitrogen and oxygen atoms in total. The van der Waals surface area contributed by atoms with Crippen LogP contribution in [0.15, 0.2) is 30.2 Å². The molecule has 2 heterocycles. The molecule has 0 unspecified atom stereocenters. The second-order valence-electron chi connectivity index (χ2n) is 4.72. The summed E-state index contributed by atoms with van der Waals surface area (Å²) in [6, 6.07) is 5.37. The molecule has 2 aromatic heterocycles. The Bertz CT molecular complexity index is 774. The normalized spacial score (nSPS) is 12.1. The molecule has 0 saturated carbocycles. The Balaban J connectivity index is 2.36. The molecular weight excluding hydrogens is 331 g/mol. The molecule has 0 spiro atoms. The number of esters is 1. The fourth-order valence-corrected chi connectivity index (χ4v) is 3.42. The summed E-state index contributed by atoms with van der Waals surface area (Å²) in [4.78, 5) is 16.0. The first-order chi connectivity index (χ1) is 11.5. The summed E-state index contributed by atoms with van der Waals surface area (Å²) in [5.41, 5.74) is 1.49. The highest BCUT2D eigenvalue weighted by Gasteiger charge is 2.19. The van der Waals surface area contributed by atoms with Crippen LogP contribution in [0.2, 0.25) is 0 Å². The highest BCUT2D eigenvalue weighted by Crippen LogP contribution is 2.50. The Kier molecular flexibility index (Phi) is 6.31. The Morgan fingerprint density at radius 1 is 1.21 bits per heavy atom. The summed E-state index contributed by atoms with van der Waals surface area (Å²) in [7, 11) is -3.29. The van der Waals surface area contributed by atoms with Crippen molar-refractivity contribution in [3.05, 3.63) is 41.6 Å². The lowest BCUT2D eigenvalue weighted by molar-refractivity contribution is 0.0520. The zero-order valence-electron chi connectivity index (χ0n) is 14.0. The maximum absolute atomic E-state index is 12.5. The summed E-state index contributed by atoms with van der Waals surface area (Å²) in [6.07, 6.45) is 3.22. The number of nitrogens with zero attached hydrogens (tertiary/aromatic N) is 2. The second kappa shape index (κ2) is 8.24. The Hall–Kier alpha value is -1.95. The number of ether oxygens (including phenoxy) is 1. The summed E-state index contributed by atoms with van der Waals surface area (Å²) >= 11 is 0. The van der Waals surface area contributed by atoms with Crippen LogP contribution < -0.4 is 0 Å². The van der Waals surface area contributed by atoms with Crippen LogP contribution in [0.3, 0.4) is 0 Å². The van der Waals surface area contributed by atoms with E-state index in [1.807, 2.05) is 6.07 Å². The number of aromatic nitrogens is 2. The van der Waals surface area contributed by atoms with Gasteiger partial charge in [-0.05, 0) is 39.0 Å². The number of pyridine rings is 1. The minimum atomic E-state index is -3.29. The van der Waals surface area contributed by atoms with Gasteiger partial charge in [0.1, 0.15) is 5.65 Å². The highest BCUT2D eigenvalue weighted by atomic mass is 31.2. The van der Waals surface area contributed by atoms with Crippen LogP contribution in [0.1, 0.15) is 37.0 Å². The molecule has 2 aromatic rings. The van der Waals surface area contributed by atoms with Crippen LogP contribution in [0.4, 0.5) is 0 Å². The van der Waals surface area contributed by atoms with E-state index in [-0.39, 0.29) is 25.5 Å². The predicted octanol–water partition coefficient (Wildman–Crippen LogP) is 3.75. The molecule has 0 radical (unpaired) electrons. The topological polar surface area (TPSA) is 79.1 Å². The Morgan fingerprint density at radius 3 is 2.54 bits per heavy atom. The molecule has 8 heteroatoms. The summed E-state index contributed by atoms with van der Waals surface area (Å²) in [5.74, 6) is 0.934. The van der Waals surface area contributed by atoms with Crippen molar-refractivity contribution in [3.63, 3.8) is 0 Å². The van der Waals surface area contributed by atoms with Crippen molar-refractivity contribution in [2.24, 2.45) is 0 Å². The number of carbonyl (C=O) groups excluding carboxylic acids is 1. The van der Waals surface area contributed by atoms with E-state index in [9.17, 15) is 9.36 Å². The lowest BCUT2D eigenvalue weighted by atomic mass is 10.3. The average molecular weight is 352 g/mol. The van der Waals surface area contributed by atoms with Gasteiger partial charge in [0.2, 0.25) is 0 Å². The number of imidazole rings is 1. The zero-order valence-corrected chi connectivity index (χ0v) is 14.9. The van der Waals surface area contributed by atoms with Crippen LogP contribution in [0.25, 0.3) is 11.7 Å². The van der Waals surface area contributed by atoms with Crippen molar-refractivity contribution in [1.29, 1.82) is 0 Å². The smallest absolute Gasteiger partial charge is 0.358 e. The molecule has 0 aliphatic rings. The van der Waals surface area contributed by atoms with E-state index >= 15 is 0 Å².